The van der Waals surface area contributed by atoms with E-state index in [0.717, 1.165) is 32.1 Å². The molecule has 1 aliphatic carbocycles. The molecular weight excluding hydrogens is 465 g/mol. The van der Waals surface area contributed by atoms with Crippen LogP contribution in [0.4, 0.5) is 0 Å². The van der Waals surface area contributed by atoms with Crippen molar-refractivity contribution in [2.24, 2.45) is 13.0 Å². The third kappa shape index (κ3) is 2.56. The smallest absolute Gasteiger partial charge is 0.292 e. The second kappa shape index (κ2) is 5.82. The predicted molar refractivity (Wildman–Crippen MR) is 110 cm³/mol. The first-order valence-electron chi connectivity index (χ1n) is 8.42. The summed E-state index contributed by atoms with van der Waals surface area (Å²) in [5.74, 6) is 0.688. The van der Waals surface area contributed by atoms with Crippen molar-refractivity contribution in [1.82, 2.24) is 24.1 Å². The summed E-state index contributed by atoms with van der Waals surface area (Å²) < 4.78 is 6.22. The normalized spacial score (nSPS) is 14.6. The van der Waals surface area contributed by atoms with Gasteiger partial charge in [-0.1, -0.05) is 11.6 Å². The highest BCUT2D eigenvalue weighted by molar-refractivity contribution is 14.1. The van der Waals surface area contributed by atoms with Crippen molar-refractivity contribution in [1.29, 1.82) is 0 Å². The fourth-order valence-electron chi connectivity index (χ4n) is 3.34. The number of aromatic nitrogens is 5. The van der Waals surface area contributed by atoms with Crippen LogP contribution in [0.25, 0.3) is 27.6 Å². The fourth-order valence-corrected chi connectivity index (χ4v) is 4.32. The van der Waals surface area contributed by atoms with Gasteiger partial charge in [0.25, 0.3) is 5.56 Å². The lowest BCUT2D eigenvalue weighted by molar-refractivity contribution is 0.645. The summed E-state index contributed by atoms with van der Waals surface area (Å²) in [5.41, 5.74) is 2.77. The van der Waals surface area contributed by atoms with Gasteiger partial charge in [0.05, 0.1) is 20.3 Å². The van der Waals surface area contributed by atoms with Gasteiger partial charge in [-0.15, -0.1) is 0 Å². The molecule has 1 saturated carbocycles. The Morgan fingerprint density at radius 2 is 2.08 bits per heavy atom. The summed E-state index contributed by atoms with van der Waals surface area (Å²) >= 11 is 8.77. The molecule has 0 radical (unpaired) electrons. The molecule has 1 aromatic carbocycles. The molecule has 1 fully saturated rings. The standard InChI is InChI=1S/C18H15ClIN5O/c1-23-8-11-6-12(4-5-14(11)21-23)25-18(26)15(19)17-16(22-25)13(20)9-24(17)7-10-2-3-10/h4-6,8-10H,2-3,7H2,1H3. The average molecular weight is 480 g/mol. The lowest BCUT2D eigenvalue weighted by atomic mass is 10.2. The van der Waals surface area contributed by atoms with Gasteiger partial charge in [0, 0.05) is 31.4 Å². The molecule has 0 atom stereocenters. The Morgan fingerprint density at radius 3 is 2.85 bits per heavy atom. The van der Waals surface area contributed by atoms with Gasteiger partial charge < -0.3 is 4.57 Å². The summed E-state index contributed by atoms with van der Waals surface area (Å²) in [5, 5.41) is 10.2. The first kappa shape index (κ1) is 16.3. The van der Waals surface area contributed by atoms with Crippen molar-refractivity contribution < 1.29 is 0 Å². The third-order valence-electron chi connectivity index (χ3n) is 4.79. The molecule has 0 bridgehead atoms. The minimum atomic E-state index is -0.297. The van der Waals surface area contributed by atoms with Gasteiger partial charge in [0.2, 0.25) is 0 Å². The SMILES string of the molecule is Cn1cc2cc(-n3nc4c(I)cn(CC5CC5)c4c(Cl)c3=O)ccc2n1. The van der Waals surface area contributed by atoms with Crippen LogP contribution in [0.3, 0.4) is 0 Å². The Hall–Kier alpha value is -1.87. The van der Waals surface area contributed by atoms with Gasteiger partial charge in [-0.2, -0.15) is 14.9 Å². The van der Waals surface area contributed by atoms with Gasteiger partial charge in [-0.05, 0) is 59.5 Å². The summed E-state index contributed by atoms with van der Waals surface area (Å²) in [6, 6.07) is 5.65. The maximum absolute atomic E-state index is 12.9. The van der Waals surface area contributed by atoms with E-state index in [2.05, 4.69) is 37.4 Å². The van der Waals surface area contributed by atoms with Gasteiger partial charge in [0.15, 0.2) is 0 Å². The summed E-state index contributed by atoms with van der Waals surface area (Å²) in [4.78, 5) is 12.9. The van der Waals surface area contributed by atoms with Crippen molar-refractivity contribution >= 4 is 56.1 Å². The average Bonchev–Trinajstić information content (AvgIpc) is 3.25. The van der Waals surface area contributed by atoms with E-state index < -0.39 is 0 Å². The molecule has 6 nitrogen and oxygen atoms in total. The Balaban J connectivity index is 1.73. The Kier molecular flexibility index (Phi) is 3.65. The Labute approximate surface area is 167 Å². The van der Waals surface area contributed by atoms with Crippen LogP contribution in [0, 0.1) is 9.49 Å². The van der Waals surface area contributed by atoms with E-state index in [9.17, 15) is 4.79 Å². The Morgan fingerprint density at radius 1 is 1.27 bits per heavy atom. The zero-order valence-electron chi connectivity index (χ0n) is 14.0. The second-order valence-electron chi connectivity index (χ2n) is 6.85. The van der Waals surface area contributed by atoms with E-state index in [1.54, 1.807) is 4.68 Å². The minimum absolute atomic E-state index is 0.227. The third-order valence-corrected chi connectivity index (χ3v) is 5.92. The zero-order chi connectivity index (χ0) is 18.0. The molecule has 0 spiro atoms. The van der Waals surface area contributed by atoms with Crippen LogP contribution in [-0.4, -0.2) is 24.1 Å². The van der Waals surface area contributed by atoms with Gasteiger partial charge in [-0.25, -0.2) is 0 Å². The summed E-state index contributed by atoms with van der Waals surface area (Å²) in [6.07, 6.45) is 6.43. The highest BCUT2D eigenvalue weighted by Gasteiger charge is 2.25. The Bertz CT molecular complexity index is 1230. The lowest BCUT2D eigenvalue weighted by Crippen LogP contribution is -2.22. The molecule has 8 heteroatoms. The number of rotatable bonds is 3. The maximum Gasteiger partial charge on any atom is 0.292 e. The van der Waals surface area contributed by atoms with Crippen molar-refractivity contribution in [3.8, 4) is 5.69 Å². The number of fused-ring (bicyclic) bond motifs is 2. The van der Waals surface area contributed by atoms with Crippen molar-refractivity contribution in [3.05, 3.63) is 49.5 Å². The number of hydrogen-bond acceptors (Lipinski definition) is 3. The van der Waals surface area contributed by atoms with Crippen LogP contribution in [0.1, 0.15) is 12.8 Å². The largest absolute Gasteiger partial charge is 0.343 e. The molecule has 0 unspecified atom stereocenters. The number of hydrogen-bond donors (Lipinski definition) is 0. The summed E-state index contributed by atoms with van der Waals surface area (Å²) in [7, 11) is 1.87. The molecule has 0 N–H and O–H groups in total. The van der Waals surface area contributed by atoms with Crippen molar-refractivity contribution in [3.63, 3.8) is 0 Å². The number of nitrogens with zero attached hydrogens (tertiary/aromatic N) is 5. The van der Waals surface area contributed by atoms with Crippen LogP contribution in [0.2, 0.25) is 5.02 Å². The van der Waals surface area contributed by atoms with Gasteiger partial charge in [-0.3, -0.25) is 9.48 Å². The molecule has 0 amide bonds. The first-order chi connectivity index (χ1) is 12.5. The molecule has 5 rings (SSSR count). The van der Waals surface area contributed by atoms with Crippen molar-refractivity contribution in [2.75, 3.05) is 0 Å². The topological polar surface area (TPSA) is 57.6 Å². The molecule has 26 heavy (non-hydrogen) atoms. The van der Waals surface area contributed by atoms with Crippen molar-refractivity contribution in [2.45, 2.75) is 19.4 Å². The molecule has 132 valence electrons. The van der Waals surface area contributed by atoms with E-state index in [1.807, 2.05) is 37.6 Å². The fraction of sp³-hybridized carbons (Fsp3) is 0.278. The highest BCUT2D eigenvalue weighted by atomic mass is 127. The number of benzene rings is 1. The van der Waals surface area contributed by atoms with E-state index in [-0.39, 0.29) is 10.6 Å². The first-order valence-corrected chi connectivity index (χ1v) is 9.88. The molecule has 0 aliphatic heterocycles. The van der Waals surface area contributed by atoms with Crippen LogP contribution < -0.4 is 5.56 Å². The highest BCUT2D eigenvalue weighted by Crippen LogP contribution is 2.34. The monoisotopic (exact) mass is 479 g/mol. The molecule has 4 aromatic rings. The molecule has 0 saturated heterocycles. The molecular formula is C18H15ClIN5O. The van der Waals surface area contributed by atoms with E-state index in [1.165, 1.54) is 17.5 Å². The minimum Gasteiger partial charge on any atom is -0.343 e. The van der Waals surface area contributed by atoms with Gasteiger partial charge in [0.1, 0.15) is 10.5 Å². The van der Waals surface area contributed by atoms with E-state index >= 15 is 0 Å². The maximum atomic E-state index is 12.9. The summed E-state index contributed by atoms with van der Waals surface area (Å²) in [6.45, 7) is 0.895. The molecule has 1 aliphatic rings. The molecule has 3 aromatic heterocycles. The lowest BCUT2D eigenvalue weighted by Gasteiger charge is -2.08. The van der Waals surface area contributed by atoms with Gasteiger partial charge >= 0.3 is 0 Å². The zero-order valence-corrected chi connectivity index (χ0v) is 16.9. The van der Waals surface area contributed by atoms with Crippen LogP contribution >= 0.6 is 34.2 Å². The predicted octanol–water partition coefficient (Wildman–Crippen LogP) is 3.74. The quantitative estimate of drug-likeness (QED) is 0.421. The van der Waals surface area contributed by atoms with Crippen LogP contribution in [0.15, 0.2) is 35.4 Å². The molecule has 3 heterocycles. The van der Waals surface area contributed by atoms with E-state index in [0.29, 0.717) is 11.6 Å². The number of halogens is 2. The van der Waals surface area contributed by atoms with Crippen LogP contribution in [-0.2, 0) is 13.6 Å². The second-order valence-corrected chi connectivity index (χ2v) is 8.39. The van der Waals surface area contributed by atoms with Crippen LogP contribution in [0.5, 0.6) is 0 Å². The number of aryl methyl sites for hydroxylation is 1. The van der Waals surface area contributed by atoms with E-state index in [4.69, 9.17) is 11.6 Å².